The monoisotopic (exact) mass is 464 g/mol. The fourth-order valence-electron chi connectivity index (χ4n) is 3.78. The number of carboxylic acids is 1. The van der Waals surface area contributed by atoms with Crippen LogP contribution in [-0.2, 0) is 9.59 Å². The van der Waals surface area contributed by atoms with Crippen LogP contribution in [0.15, 0.2) is 53.8 Å². The van der Waals surface area contributed by atoms with Gasteiger partial charge in [-0.1, -0.05) is 80.5 Å². The Morgan fingerprint density at radius 1 is 1.09 bits per heavy atom. The predicted octanol–water partition coefficient (Wildman–Crippen LogP) is 4.04. The molecule has 0 bridgehead atoms. The van der Waals surface area contributed by atoms with Crippen molar-refractivity contribution in [3.63, 3.8) is 0 Å². The minimum absolute atomic E-state index is 0.0434. The highest BCUT2D eigenvalue weighted by atomic mass is 16.4. The van der Waals surface area contributed by atoms with E-state index in [2.05, 4.69) is 26.1 Å². The zero-order chi connectivity index (χ0) is 24.7. The molecule has 10 heteroatoms. The molecular weight excluding hydrogens is 436 g/mol. The highest BCUT2D eigenvalue weighted by Crippen LogP contribution is 2.31. The van der Waals surface area contributed by atoms with E-state index >= 15 is 0 Å². The van der Waals surface area contributed by atoms with Gasteiger partial charge in [-0.25, -0.2) is 0 Å². The number of Topliss-reactive ketones (excluding diaryl/α,β-unsaturated/α-hetero) is 1. The van der Waals surface area contributed by atoms with E-state index in [1.165, 1.54) is 0 Å². The standard InChI is InChI=1S/C24H28N6O4/c1-4-5-10-20(31)22(25-21(15(2)3)24(32)33)17-13-11-16(12-14-17)18-8-6-7-9-19(18)23-26-27-28-30(23)29-34/h6-9,11-15,21-22,25H,4-5,10H2,1-3H3,(H,32,33). The van der Waals surface area contributed by atoms with Gasteiger partial charge in [0.1, 0.15) is 6.04 Å². The molecule has 0 radical (unpaired) electrons. The minimum atomic E-state index is -0.990. The number of rotatable bonds is 12. The Bertz CT molecular complexity index is 1140. The summed E-state index contributed by atoms with van der Waals surface area (Å²) in [6.45, 7) is 5.62. The zero-order valence-corrected chi connectivity index (χ0v) is 19.4. The number of unbranched alkanes of at least 4 members (excludes halogenated alkanes) is 1. The van der Waals surface area contributed by atoms with E-state index in [0.717, 1.165) is 28.8 Å². The molecule has 0 saturated heterocycles. The predicted molar refractivity (Wildman–Crippen MR) is 127 cm³/mol. The number of carbonyl (C=O) groups excluding carboxylic acids is 1. The Morgan fingerprint density at radius 2 is 1.76 bits per heavy atom. The van der Waals surface area contributed by atoms with E-state index in [1.807, 2.05) is 43.3 Å². The van der Waals surface area contributed by atoms with Crippen molar-refractivity contribution < 1.29 is 14.7 Å². The van der Waals surface area contributed by atoms with Gasteiger partial charge in [0.05, 0.1) is 11.3 Å². The van der Waals surface area contributed by atoms with Gasteiger partial charge in [-0.2, -0.15) is 0 Å². The number of nitroso groups, excluding NO2 is 1. The lowest BCUT2D eigenvalue weighted by atomic mass is 9.93. The summed E-state index contributed by atoms with van der Waals surface area (Å²) in [5.74, 6) is -1.01. The summed E-state index contributed by atoms with van der Waals surface area (Å²) in [6.07, 6.45) is 1.97. The molecule has 3 rings (SSSR count). The first-order valence-corrected chi connectivity index (χ1v) is 11.2. The molecule has 10 nitrogen and oxygen atoms in total. The van der Waals surface area contributed by atoms with Crippen molar-refractivity contribution in [2.24, 2.45) is 11.2 Å². The smallest absolute Gasteiger partial charge is 0.320 e. The Balaban J connectivity index is 1.96. The summed E-state index contributed by atoms with van der Waals surface area (Å²) in [4.78, 5) is 36.6. The fraction of sp³-hybridized carbons (Fsp3) is 0.375. The summed E-state index contributed by atoms with van der Waals surface area (Å²) in [6, 6.07) is 13.1. The van der Waals surface area contributed by atoms with Crippen molar-refractivity contribution in [3.05, 3.63) is 59.0 Å². The van der Waals surface area contributed by atoms with Crippen LogP contribution in [0.3, 0.4) is 0 Å². The molecule has 0 fully saturated rings. The third-order valence-electron chi connectivity index (χ3n) is 5.63. The molecule has 0 aliphatic heterocycles. The molecule has 3 aromatic rings. The number of nitrogens with zero attached hydrogens (tertiary/aromatic N) is 5. The van der Waals surface area contributed by atoms with Crippen molar-refractivity contribution in [3.8, 4) is 22.5 Å². The van der Waals surface area contributed by atoms with Crippen LogP contribution in [0.4, 0.5) is 0 Å². The number of hydrogen-bond acceptors (Lipinski definition) is 8. The van der Waals surface area contributed by atoms with Crippen molar-refractivity contribution in [2.45, 2.75) is 52.1 Å². The number of carbonyl (C=O) groups is 2. The maximum Gasteiger partial charge on any atom is 0.320 e. The zero-order valence-electron chi connectivity index (χ0n) is 19.4. The Kier molecular flexibility index (Phi) is 8.31. The van der Waals surface area contributed by atoms with Gasteiger partial charge in [-0.05, 0) is 39.5 Å². The third-order valence-corrected chi connectivity index (χ3v) is 5.63. The summed E-state index contributed by atoms with van der Waals surface area (Å²) in [5.41, 5.74) is 2.91. The minimum Gasteiger partial charge on any atom is -0.480 e. The quantitative estimate of drug-likeness (QED) is 0.383. The molecule has 34 heavy (non-hydrogen) atoms. The first kappa shape index (κ1) is 24.8. The molecule has 0 spiro atoms. The summed E-state index contributed by atoms with van der Waals surface area (Å²) in [5, 5.41) is 26.5. The number of benzene rings is 2. The number of tetrazole rings is 1. The van der Waals surface area contributed by atoms with Crippen LogP contribution in [0.1, 0.15) is 51.6 Å². The molecule has 0 aliphatic carbocycles. The van der Waals surface area contributed by atoms with Crippen molar-refractivity contribution in [2.75, 3.05) is 0 Å². The van der Waals surface area contributed by atoms with E-state index < -0.39 is 18.1 Å². The fourth-order valence-corrected chi connectivity index (χ4v) is 3.78. The maximum absolute atomic E-state index is 13.0. The third kappa shape index (κ3) is 5.57. The summed E-state index contributed by atoms with van der Waals surface area (Å²) in [7, 11) is 0. The molecule has 1 aromatic heterocycles. The van der Waals surface area contributed by atoms with Crippen molar-refractivity contribution >= 4 is 11.8 Å². The highest BCUT2D eigenvalue weighted by molar-refractivity contribution is 5.87. The lowest BCUT2D eigenvalue weighted by molar-refractivity contribution is -0.141. The normalized spacial score (nSPS) is 12.9. The first-order chi connectivity index (χ1) is 16.4. The Labute approximate surface area is 197 Å². The molecule has 178 valence electrons. The van der Waals surface area contributed by atoms with Crippen LogP contribution < -0.4 is 5.32 Å². The van der Waals surface area contributed by atoms with Gasteiger partial charge in [-0.3, -0.25) is 14.9 Å². The average molecular weight is 465 g/mol. The van der Waals surface area contributed by atoms with Crippen molar-refractivity contribution in [1.29, 1.82) is 0 Å². The number of ketones is 1. The largest absolute Gasteiger partial charge is 0.480 e. The summed E-state index contributed by atoms with van der Waals surface area (Å²) < 4.78 is 0. The van der Waals surface area contributed by atoms with E-state index in [4.69, 9.17) is 0 Å². The lowest BCUT2D eigenvalue weighted by Crippen LogP contribution is -2.45. The van der Waals surface area contributed by atoms with Gasteiger partial charge >= 0.3 is 5.97 Å². The van der Waals surface area contributed by atoms with Crippen LogP contribution in [0.2, 0.25) is 0 Å². The SMILES string of the molecule is CCCCC(=O)C(NC(C(=O)O)C(C)C)c1ccc(-c2ccccc2-c2nnnn2N=O)cc1. The molecule has 2 N–H and O–H groups in total. The average Bonchev–Trinajstić information content (AvgIpc) is 3.31. The number of carboxylic acid groups (broad SMARTS) is 1. The lowest BCUT2D eigenvalue weighted by Gasteiger charge is -2.25. The van der Waals surface area contributed by atoms with E-state index in [-0.39, 0.29) is 17.5 Å². The molecule has 0 aliphatic rings. The Morgan fingerprint density at radius 3 is 2.35 bits per heavy atom. The molecule has 0 amide bonds. The van der Waals surface area contributed by atoms with Gasteiger partial charge in [-0.15, -0.1) is 10.0 Å². The van der Waals surface area contributed by atoms with Crippen LogP contribution >= 0.6 is 0 Å². The van der Waals surface area contributed by atoms with Gasteiger partial charge in [0.25, 0.3) is 0 Å². The highest BCUT2D eigenvalue weighted by Gasteiger charge is 2.29. The van der Waals surface area contributed by atoms with Gasteiger partial charge < -0.3 is 5.11 Å². The van der Waals surface area contributed by atoms with Gasteiger partial charge in [0.15, 0.2) is 5.78 Å². The molecule has 1 heterocycles. The van der Waals surface area contributed by atoms with E-state index in [1.54, 1.807) is 26.0 Å². The van der Waals surface area contributed by atoms with Crippen LogP contribution in [0.5, 0.6) is 0 Å². The van der Waals surface area contributed by atoms with E-state index in [9.17, 15) is 19.6 Å². The van der Waals surface area contributed by atoms with Crippen LogP contribution in [-0.4, -0.2) is 43.2 Å². The first-order valence-electron chi connectivity index (χ1n) is 11.2. The number of aliphatic carboxylic acids is 1. The van der Waals surface area contributed by atoms with Crippen LogP contribution in [0, 0.1) is 10.8 Å². The van der Waals surface area contributed by atoms with E-state index in [0.29, 0.717) is 17.5 Å². The molecular formula is C24H28N6O4. The maximum atomic E-state index is 13.0. The molecule has 0 saturated carbocycles. The number of hydrogen-bond donors (Lipinski definition) is 2. The number of nitrogens with one attached hydrogen (secondary N) is 1. The number of aromatic nitrogens is 4. The second kappa shape index (κ2) is 11.4. The van der Waals surface area contributed by atoms with Crippen molar-refractivity contribution in [1.82, 2.24) is 25.6 Å². The molecule has 2 atom stereocenters. The second-order valence-corrected chi connectivity index (χ2v) is 8.37. The van der Waals surface area contributed by atoms with Gasteiger partial charge in [0, 0.05) is 12.0 Å². The molecule has 2 unspecified atom stereocenters. The van der Waals surface area contributed by atoms with Gasteiger partial charge in [0.2, 0.25) is 5.82 Å². The van der Waals surface area contributed by atoms with Crippen LogP contribution in [0.25, 0.3) is 22.5 Å². The Hall–Kier alpha value is -3.79. The topological polar surface area (TPSA) is 139 Å². The molecule has 2 aromatic carbocycles. The summed E-state index contributed by atoms with van der Waals surface area (Å²) >= 11 is 0. The second-order valence-electron chi connectivity index (χ2n) is 8.37.